The number of amides is 1. The number of benzene rings is 1. The molecule has 17 heavy (non-hydrogen) atoms. The van der Waals surface area contributed by atoms with Crippen LogP contribution in [0, 0.1) is 0 Å². The van der Waals surface area contributed by atoms with Crippen molar-refractivity contribution < 1.29 is 15.0 Å². The van der Waals surface area contributed by atoms with Crippen LogP contribution in [0.3, 0.4) is 0 Å². The third-order valence-electron chi connectivity index (χ3n) is 2.41. The fourth-order valence-corrected chi connectivity index (χ4v) is 1.90. The lowest BCUT2D eigenvalue weighted by Crippen LogP contribution is -2.39. The van der Waals surface area contributed by atoms with E-state index >= 15 is 0 Å². The van der Waals surface area contributed by atoms with Gasteiger partial charge in [0.25, 0.3) is 5.91 Å². The first-order valence-electron chi connectivity index (χ1n) is 5.37. The zero-order chi connectivity index (χ0) is 13.0. The van der Waals surface area contributed by atoms with Crippen molar-refractivity contribution in [2.24, 2.45) is 0 Å². The van der Waals surface area contributed by atoms with Crippen LogP contribution in [0.1, 0.15) is 24.2 Å². The van der Waals surface area contributed by atoms with Crippen LogP contribution in [0.15, 0.2) is 22.7 Å². The van der Waals surface area contributed by atoms with E-state index in [1.807, 2.05) is 13.8 Å². The number of carbonyl (C=O) groups excluding carboxylic acids is 1. The molecule has 1 amide bonds. The van der Waals surface area contributed by atoms with E-state index in [-0.39, 0.29) is 36.4 Å². The first-order valence-corrected chi connectivity index (χ1v) is 6.17. The van der Waals surface area contributed by atoms with Gasteiger partial charge in [0.15, 0.2) is 0 Å². The molecule has 94 valence electrons. The van der Waals surface area contributed by atoms with Crippen molar-refractivity contribution in [3.63, 3.8) is 0 Å². The van der Waals surface area contributed by atoms with Gasteiger partial charge in [-0.2, -0.15) is 0 Å². The van der Waals surface area contributed by atoms with Gasteiger partial charge in [-0.15, -0.1) is 0 Å². The Balaban J connectivity index is 3.04. The van der Waals surface area contributed by atoms with Crippen LogP contribution < -0.4 is 0 Å². The van der Waals surface area contributed by atoms with Crippen molar-refractivity contribution >= 4 is 21.8 Å². The fraction of sp³-hybridized carbons (Fsp3) is 0.417. The van der Waals surface area contributed by atoms with Gasteiger partial charge in [-0.1, -0.05) is 15.9 Å². The Labute approximate surface area is 109 Å². The molecular formula is C12H16BrNO3. The number of carbonyl (C=O) groups is 1. The summed E-state index contributed by atoms with van der Waals surface area (Å²) in [5, 5.41) is 18.6. The van der Waals surface area contributed by atoms with Gasteiger partial charge in [-0.25, -0.2) is 0 Å². The molecule has 0 aliphatic heterocycles. The number of aliphatic hydroxyl groups is 1. The molecule has 0 radical (unpaired) electrons. The summed E-state index contributed by atoms with van der Waals surface area (Å²) >= 11 is 3.26. The molecule has 2 N–H and O–H groups in total. The smallest absolute Gasteiger partial charge is 0.257 e. The zero-order valence-electron chi connectivity index (χ0n) is 9.85. The topological polar surface area (TPSA) is 60.8 Å². The Bertz CT molecular complexity index is 407. The molecule has 0 unspecified atom stereocenters. The van der Waals surface area contributed by atoms with Gasteiger partial charge in [-0.3, -0.25) is 4.79 Å². The Morgan fingerprint density at radius 2 is 2.12 bits per heavy atom. The lowest BCUT2D eigenvalue weighted by Gasteiger charge is -2.26. The molecular weight excluding hydrogens is 286 g/mol. The summed E-state index contributed by atoms with van der Waals surface area (Å²) < 4.78 is 0.728. The SMILES string of the molecule is CC(C)N(CCO)C(=O)c1cc(Br)ccc1O. The molecule has 5 heteroatoms. The number of phenolic OH excluding ortho intramolecular Hbond substituents is 1. The van der Waals surface area contributed by atoms with E-state index in [2.05, 4.69) is 15.9 Å². The molecule has 0 aliphatic carbocycles. The predicted molar refractivity (Wildman–Crippen MR) is 69.1 cm³/mol. The first kappa shape index (κ1) is 14.0. The largest absolute Gasteiger partial charge is 0.507 e. The first-order chi connectivity index (χ1) is 7.97. The summed E-state index contributed by atoms with van der Waals surface area (Å²) in [6.07, 6.45) is 0. The van der Waals surface area contributed by atoms with Crippen molar-refractivity contribution in [3.05, 3.63) is 28.2 Å². The molecule has 0 aromatic heterocycles. The summed E-state index contributed by atoms with van der Waals surface area (Å²) in [7, 11) is 0. The lowest BCUT2D eigenvalue weighted by molar-refractivity contribution is 0.0662. The van der Waals surface area contributed by atoms with Crippen LogP contribution >= 0.6 is 15.9 Å². The molecule has 4 nitrogen and oxygen atoms in total. The monoisotopic (exact) mass is 301 g/mol. The van der Waals surface area contributed by atoms with Crippen molar-refractivity contribution in [1.82, 2.24) is 4.90 Å². The minimum atomic E-state index is -0.284. The van der Waals surface area contributed by atoms with E-state index in [0.29, 0.717) is 0 Å². The van der Waals surface area contributed by atoms with E-state index in [1.165, 1.54) is 11.0 Å². The van der Waals surface area contributed by atoms with Gasteiger partial charge in [0.2, 0.25) is 0 Å². The van der Waals surface area contributed by atoms with Crippen LogP contribution in [-0.4, -0.2) is 40.2 Å². The standard InChI is InChI=1S/C12H16BrNO3/c1-8(2)14(5-6-15)12(17)10-7-9(13)3-4-11(10)16/h3-4,7-8,15-16H,5-6H2,1-2H3. The van der Waals surface area contributed by atoms with Crippen molar-refractivity contribution in [3.8, 4) is 5.75 Å². The molecule has 0 atom stereocenters. The summed E-state index contributed by atoms with van der Waals surface area (Å²) in [4.78, 5) is 13.7. The number of hydrogen-bond acceptors (Lipinski definition) is 3. The molecule has 0 aliphatic rings. The molecule has 1 aromatic rings. The van der Waals surface area contributed by atoms with Crippen LogP contribution in [0.5, 0.6) is 5.75 Å². The van der Waals surface area contributed by atoms with E-state index in [4.69, 9.17) is 5.11 Å². The Morgan fingerprint density at radius 3 is 2.65 bits per heavy atom. The molecule has 0 fully saturated rings. The van der Waals surface area contributed by atoms with Gasteiger partial charge in [0, 0.05) is 17.1 Å². The van der Waals surface area contributed by atoms with Gasteiger partial charge < -0.3 is 15.1 Å². The summed E-state index contributed by atoms with van der Waals surface area (Å²) in [6.45, 7) is 3.88. The third kappa shape index (κ3) is 3.44. The minimum Gasteiger partial charge on any atom is -0.507 e. The van der Waals surface area contributed by atoms with E-state index < -0.39 is 0 Å². The summed E-state index contributed by atoms with van der Waals surface area (Å²) in [5.74, 6) is -0.338. The second kappa shape index (κ2) is 6.02. The van der Waals surface area contributed by atoms with E-state index in [1.54, 1.807) is 12.1 Å². The van der Waals surface area contributed by atoms with Crippen molar-refractivity contribution in [2.75, 3.05) is 13.2 Å². The molecule has 0 saturated carbocycles. The number of nitrogens with zero attached hydrogens (tertiary/aromatic N) is 1. The van der Waals surface area contributed by atoms with Crippen molar-refractivity contribution in [1.29, 1.82) is 0 Å². The Kier molecular flexibility index (Phi) is 4.96. The van der Waals surface area contributed by atoms with E-state index in [0.717, 1.165) is 4.47 Å². The van der Waals surface area contributed by atoms with Gasteiger partial charge in [0.05, 0.1) is 12.2 Å². The zero-order valence-corrected chi connectivity index (χ0v) is 11.4. The van der Waals surface area contributed by atoms with Crippen LogP contribution in [0.2, 0.25) is 0 Å². The molecule has 1 aromatic carbocycles. The third-order valence-corrected chi connectivity index (χ3v) is 2.91. The highest BCUT2D eigenvalue weighted by Crippen LogP contribution is 2.23. The second-order valence-corrected chi connectivity index (χ2v) is 4.89. The van der Waals surface area contributed by atoms with Gasteiger partial charge >= 0.3 is 0 Å². The minimum absolute atomic E-state index is 0.0342. The number of hydrogen-bond donors (Lipinski definition) is 2. The number of aliphatic hydroxyl groups excluding tert-OH is 1. The molecule has 0 spiro atoms. The number of aromatic hydroxyl groups is 1. The average molecular weight is 302 g/mol. The maximum Gasteiger partial charge on any atom is 0.257 e. The van der Waals surface area contributed by atoms with Gasteiger partial charge in [-0.05, 0) is 32.0 Å². The average Bonchev–Trinajstić information content (AvgIpc) is 2.28. The highest BCUT2D eigenvalue weighted by atomic mass is 79.9. The van der Waals surface area contributed by atoms with Gasteiger partial charge in [0.1, 0.15) is 5.75 Å². The molecule has 0 bridgehead atoms. The number of rotatable bonds is 4. The summed E-state index contributed by atoms with van der Waals surface area (Å²) in [5.41, 5.74) is 0.238. The number of phenols is 1. The van der Waals surface area contributed by atoms with E-state index in [9.17, 15) is 9.90 Å². The maximum absolute atomic E-state index is 12.2. The van der Waals surface area contributed by atoms with Crippen LogP contribution in [0.25, 0.3) is 0 Å². The number of halogens is 1. The highest BCUT2D eigenvalue weighted by Gasteiger charge is 2.21. The highest BCUT2D eigenvalue weighted by molar-refractivity contribution is 9.10. The molecule has 0 saturated heterocycles. The van der Waals surface area contributed by atoms with Crippen LogP contribution in [-0.2, 0) is 0 Å². The Hall–Kier alpha value is -1.07. The van der Waals surface area contributed by atoms with Crippen LogP contribution in [0.4, 0.5) is 0 Å². The second-order valence-electron chi connectivity index (χ2n) is 3.98. The summed E-state index contributed by atoms with van der Waals surface area (Å²) in [6, 6.07) is 4.67. The fourth-order valence-electron chi connectivity index (χ4n) is 1.54. The maximum atomic E-state index is 12.2. The predicted octanol–water partition coefficient (Wildman–Crippen LogP) is 2.00. The quantitative estimate of drug-likeness (QED) is 0.894. The molecule has 0 heterocycles. The van der Waals surface area contributed by atoms with Crippen molar-refractivity contribution in [2.45, 2.75) is 19.9 Å². The Morgan fingerprint density at radius 1 is 1.47 bits per heavy atom. The lowest BCUT2D eigenvalue weighted by atomic mass is 10.1. The molecule has 1 rings (SSSR count). The normalized spacial score (nSPS) is 10.6.